The van der Waals surface area contributed by atoms with Crippen LogP contribution in [0.15, 0.2) is 24.3 Å². The van der Waals surface area contributed by atoms with Crippen LogP contribution in [0.1, 0.15) is 11.4 Å². The highest BCUT2D eigenvalue weighted by Crippen LogP contribution is 2.22. The molecule has 0 radical (unpaired) electrons. The van der Waals surface area contributed by atoms with Gasteiger partial charge in [0.15, 0.2) is 0 Å². The number of rotatable bonds is 5. The Morgan fingerprint density at radius 3 is 3.00 bits per heavy atom. The molecule has 0 spiro atoms. The molecule has 17 heavy (non-hydrogen) atoms. The second kappa shape index (κ2) is 5.75. The van der Waals surface area contributed by atoms with Crippen LogP contribution in [-0.4, -0.2) is 24.0 Å². The normalized spacial score (nSPS) is 10.6. The van der Waals surface area contributed by atoms with Crippen LogP contribution in [0.2, 0.25) is 0 Å². The largest absolute Gasteiger partial charge is 0.355 e. The fraction of sp³-hybridized carbons (Fsp3) is 0.333. The van der Waals surface area contributed by atoms with E-state index in [1.54, 1.807) is 11.3 Å². The summed E-state index contributed by atoms with van der Waals surface area (Å²) < 4.78 is 1.17. The van der Waals surface area contributed by atoms with E-state index in [1.807, 2.05) is 24.3 Å². The summed E-state index contributed by atoms with van der Waals surface area (Å²) in [5, 5.41) is 3.76. The average Bonchev–Trinajstić information content (AvgIpc) is 2.76. The van der Waals surface area contributed by atoms with Gasteiger partial charge in [0.1, 0.15) is 0 Å². The monoisotopic (exact) mass is 249 g/mol. The number of hydrogen-bond donors (Lipinski definition) is 2. The van der Waals surface area contributed by atoms with Crippen LogP contribution < -0.4 is 11.1 Å². The van der Waals surface area contributed by atoms with Crippen molar-refractivity contribution in [2.24, 2.45) is 5.73 Å². The summed E-state index contributed by atoms with van der Waals surface area (Å²) in [4.78, 5) is 15.9. The molecule has 1 aromatic heterocycles. The van der Waals surface area contributed by atoms with E-state index < -0.39 is 0 Å². The minimum absolute atomic E-state index is 0.0368. The highest BCUT2D eigenvalue weighted by molar-refractivity contribution is 7.18. The molecule has 90 valence electrons. The van der Waals surface area contributed by atoms with Crippen molar-refractivity contribution >= 4 is 27.5 Å². The number of benzene rings is 1. The Balaban J connectivity index is 1.92. The molecule has 0 fully saturated rings. The van der Waals surface area contributed by atoms with Crippen LogP contribution in [0, 0.1) is 0 Å². The number of amides is 1. The number of carbonyl (C=O) groups is 1. The van der Waals surface area contributed by atoms with E-state index in [-0.39, 0.29) is 5.91 Å². The lowest BCUT2D eigenvalue weighted by Gasteiger charge is -2.00. The fourth-order valence-corrected chi connectivity index (χ4v) is 2.51. The highest BCUT2D eigenvalue weighted by Gasteiger charge is 2.06. The third-order valence-electron chi connectivity index (χ3n) is 2.37. The predicted octanol–water partition coefficient (Wildman–Crippen LogP) is 1.30. The van der Waals surface area contributed by atoms with Crippen LogP contribution in [0.25, 0.3) is 10.2 Å². The Hall–Kier alpha value is -1.46. The molecule has 4 nitrogen and oxygen atoms in total. The number of nitrogens with two attached hydrogens (primary N) is 1. The molecule has 0 saturated carbocycles. The van der Waals surface area contributed by atoms with Gasteiger partial charge in [-0.1, -0.05) is 12.1 Å². The van der Waals surface area contributed by atoms with Crippen LogP contribution in [0.5, 0.6) is 0 Å². The van der Waals surface area contributed by atoms with Crippen molar-refractivity contribution in [1.29, 1.82) is 0 Å². The fourth-order valence-electron chi connectivity index (χ4n) is 1.55. The molecule has 0 atom stereocenters. The molecule has 0 aliphatic rings. The van der Waals surface area contributed by atoms with E-state index in [1.165, 1.54) is 4.70 Å². The summed E-state index contributed by atoms with van der Waals surface area (Å²) in [6, 6.07) is 8.01. The zero-order valence-corrected chi connectivity index (χ0v) is 10.3. The Labute approximate surface area is 104 Å². The number of thiazole rings is 1. The van der Waals surface area contributed by atoms with Crippen molar-refractivity contribution in [2.75, 3.05) is 13.1 Å². The molecule has 3 N–H and O–H groups in total. The van der Waals surface area contributed by atoms with Gasteiger partial charge in [-0.3, -0.25) is 4.79 Å². The van der Waals surface area contributed by atoms with Gasteiger partial charge in [0.2, 0.25) is 5.91 Å². The van der Waals surface area contributed by atoms with Gasteiger partial charge in [0.25, 0.3) is 0 Å². The second-order valence-electron chi connectivity index (χ2n) is 3.71. The number of carbonyl (C=O) groups excluding carboxylic acids is 1. The summed E-state index contributed by atoms with van der Waals surface area (Å²) in [6.07, 6.45) is 1.16. The molecule has 0 aliphatic heterocycles. The van der Waals surface area contributed by atoms with E-state index in [9.17, 15) is 4.79 Å². The third-order valence-corrected chi connectivity index (χ3v) is 3.47. The summed E-state index contributed by atoms with van der Waals surface area (Å²) in [7, 11) is 0. The van der Waals surface area contributed by atoms with Crippen LogP contribution in [0.4, 0.5) is 0 Å². The first-order valence-electron chi connectivity index (χ1n) is 5.61. The number of hydrogen-bond acceptors (Lipinski definition) is 4. The number of aromatic nitrogens is 1. The van der Waals surface area contributed by atoms with Crippen molar-refractivity contribution in [1.82, 2.24) is 10.3 Å². The highest BCUT2D eigenvalue weighted by atomic mass is 32.1. The molecular weight excluding hydrogens is 234 g/mol. The van der Waals surface area contributed by atoms with Crippen molar-refractivity contribution in [3.63, 3.8) is 0 Å². The Morgan fingerprint density at radius 2 is 2.24 bits per heavy atom. The summed E-state index contributed by atoms with van der Waals surface area (Å²) in [5.41, 5.74) is 6.32. The number of aryl methyl sites for hydroxylation is 1. The zero-order chi connectivity index (χ0) is 12.1. The minimum Gasteiger partial charge on any atom is -0.355 e. The maximum Gasteiger partial charge on any atom is 0.220 e. The lowest BCUT2D eigenvalue weighted by molar-refractivity contribution is -0.120. The first kappa shape index (κ1) is 12.0. The minimum atomic E-state index is 0.0368. The lowest BCUT2D eigenvalue weighted by atomic mass is 10.3. The number of fused-ring (bicyclic) bond motifs is 1. The first-order valence-corrected chi connectivity index (χ1v) is 6.42. The Morgan fingerprint density at radius 1 is 1.41 bits per heavy atom. The van der Waals surface area contributed by atoms with Crippen molar-refractivity contribution in [2.45, 2.75) is 12.8 Å². The van der Waals surface area contributed by atoms with Gasteiger partial charge in [0.05, 0.1) is 15.2 Å². The van der Waals surface area contributed by atoms with E-state index in [4.69, 9.17) is 5.73 Å². The molecule has 2 rings (SSSR count). The van der Waals surface area contributed by atoms with Crippen LogP contribution in [-0.2, 0) is 11.2 Å². The number of para-hydroxylation sites is 1. The quantitative estimate of drug-likeness (QED) is 0.839. The Kier molecular flexibility index (Phi) is 4.06. The molecule has 2 aromatic rings. The van der Waals surface area contributed by atoms with Gasteiger partial charge in [-0.2, -0.15) is 0 Å². The topological polar surface area (TPSA) is 68.0 Å². The van der Waals surface area contributed by atoms with Gasteiger partial charge in [-0.05, 0) is 12.1 Å². The molecule has 1 amide bonds. The maximum atomic E-state index is 11.4. The van der Waals surface area contributed by atoms with E-state index in [0.717, 1.165) is 10.5 Å². The predicted molar refractivity (Wildman–Crippen MR) is 70.0 cm³/mol. The third kappa shape index (κ3) is 3.25. The molecule has 0 saturated heterocycles. The van der Waals surface area contributed by atoms with Gasteiger partial charge in [-0.25, -0.2) is 4.98 Å². The van der Waals surface area contributed by atoms with Gasteiger partial charge >= 0.3 is 0 Å². The molecule has 1 heterocycles. The van der Waals surface area contributed by atoms with Gasteiger partial charge < -0.3 is 11.1 Å². The maximum absolute atomic E-state index is 11.4. The van der Waals surface area contributed by atoms with Gasteiger partial charge in [0, 0.05) is 25.9 Å². The number of nitrogens with one attached hydrogen (secondary N) is 1. The second-order valence-corrected chi connectivity index (χ2v) is 4.83. The van der Waals surface area contributed by atoms with Gasteiger partial charge in [-0.15, -0.1) is 11.3 Å². The molecule has 0 unspecified atom stereocenters. The molecule has 0 aliphatic carbocycles. The SMILES string of the molecule is NCCNC(=O)CCc1nc2ccccc2s1. The zero-order valence-electron chi connectivity index (χ0n) is 9.48. The molecular formula is C12H15N3OS. The van der Waals surface area contributed by atoms with Crippen molar-refractivity contribution in [3.05, 3.63) is 29.3 Å². The number of nitrogens with zero attached hydrogens (tertiary/aromatic N) is 1. The van der Waals surface area contributed by atoms with E-state index >= 15 is 0 Å². The van der Waals surface area contributed by atoms with Crippen molar-refractivity contribution < 1.29 is 4.79 Å². The lowest BCUT2D eigenvalue weighted by Crippen LogP contribution is -2.29. The van der Waals surface area contributed by atoms with Crippen LogP contribution >= 0.6 is 11.3 Å². The van der Waals surface area contributed by atoms with Crippen LogP contribution in [0.3, 0.4) is 0 Å². The van der Waals surface area contributed by atoms with Crippen molar-refractivity contribution in [3.8, 4) is 0 Å². The average molecular weight is 249 g/mol. The van der Waals surface area contributed by atoms with E-state index in [0.29, 0.717) is 25.9 Å². The Bertz CT molecular complexity index is 476. The summed E-state index contributed by atoms with van der Waals surface area (Å²) in [6.45, 7) is 1.02. The molecule has 5 heteroatoms. The molecule has 1 aromatic carbocycles. The standard InChI is InChI=1S/C12H15N3OS/c13-7-8-14-11(16)5-6-12-15-9-3-1-2-4-10(9)17-12/h1-4H,5-8,13H2,(H,14,16). The summed E-state index contributed by atoms with van der Waals surface area (Å²) >= 11 is 1.65. The molecule has 0 bridgehead atoms. The first-order chi connectivity index (χ1) is 8.29. The van der Waals surface area contributed by atoms with E-state index in [2.05, 4.69) is 10.3 Å². The summed E-state index contributed by atoms with van der Waals surface area (Å²) in [5.74, 6) is 0.0368. The smallest absolute Gasteiger partial charge is 0.220 e.